The normalized spacial score (nSPS) is 11.4. The standard InChI is InChI=1S/C48H45NO4/c1-34-25-39(29-45(27-34)50-3)10-7-36-13-19-42(20-14-36)49(43-21-15-37(16-22-43)8-11-40-26-35(2)28-46(30-40)51-4)44-23-17-38(18-24-44)9-12-41-31-47(52-5)33-48(32-41)53-6/h7-33H,1-6H3. The summed E-state index contributed by atoms with van der Waals surface area (Å²) in [5, 5.41) is 0. The topological polar surface area (TPSA) is 40.2 Å². The van der Waals surface area contributed by atoms with Crippen molar-refractivity contribution in [3.05, 3.63) is 172 Å². The van der Waals surface area contributed by atoms with Crippen molar-refractivity contribution >= 4 is 53.5 Å². The lowest BCUT2D eigenvalue weighted by Crippen LogP contribution is -2.09. The molecule has 0 bridgehead atoms. The molecule has 5 heteroatoms. The number of ether oxygens (including phenoxy) is 4. The van der Waals surface area contributed by atoms with E-state index in [1.165, 1.54) is 0 Å². The highest BCUT2D eigenvalue weighted by atomic mass is 16.5. The van der Waals surface area contributed by atoms with E-state index >= 15 is 0 Å². The second-order valence-electron chi connectivity index (χ2n) is 12.8. The molecule has 0 saturated heterocycles. The van der Waals surface area contributed by atoms with Crippen molar-refractivity contribution in [1.29, 1.82) is 0 Å². The van der Waals surface area contributed by atoms with Crippen molar-refractivity contribution in [2.45, 2.75) is 13.8 Å². The van der Waals surface area contributed by atoms with Crippen molar-refractivity contribution < 1.29 is 18.9 Å². The SMILES string of the molecule is COc1cc(C)cc(C=Cc2ccc(N(c3ccc(C=Cc4cc(C)cc(OC)c4)cc3)c3ccc(C=Cc4cc(OC)cc(OC)c4)cc3)cc2)c1. The van der Waals surface area contributed by atoms with Crippen LogP contribution < -0.4 is 23.8 Å². The third-order valence-electron chi connectivity index (χ3n) is 8.85. The molecule has 0 unspecified atom stereocenters. The Morgan fingerprint density at radius 2 is 0.585 bits per heavy atom. The molecule has 266 valence electrons. The summed E-state index contributed by atoms with van der Waals surface area (Å²) in [6.45, 7) is 4.16. The number of rotatable bonds is 13. The van der Waals surface area contributed by atoms with Gasteiger partial charge >= 0.3 is 0 Å². The van der Waals surface area contributed by atoms with Crippen LogP contribution in [0.1, 0.15) is 44.5 Å². The second-order valence-corrected chi connectivity index (χ2v) is 12.8. The van der Waals surface area contributed by atoms with E-state index < -0.39 is 0 Å². The molecule has 0 aliphatic rings. The van der Waals surface area contributed by atoms with Crippen LogP contribution in [0.2, 0.25) is 0 Å². The van der Waals surface area contributed by atoms with Crippen molar-refractivity contribution in [3.8, 4) is 23.0 Å². The zero-order valence-corrected chi connectivity index (χ0v) is 31.2. The third kappa shape index (κ3) is 9.66. The quantitative estimate of drug-likeness (QED) is 0.112. The summed E-state index contributed by atoms with van der Waals surface area (Å²) in [7, 11) is 6.72. The molecule has 0 aliphatic heterocycles. The largest absolute Gasteiger partial charge is 0.497 e. The van der Waals surface area contributed by atoms with Gasteiger partial charge in [0, 0.05) is 23.1 Å². The van der Waals surface area contributed by atoms with E-state index in [9.17, 15) is 0 Å². The first-order valence-electron chi connectivity index (χ1n) is 17.5. The minimum Gasteiger partial charge on any atom is -0.497 e. The predicted octanol–water partition coefficient (Wildman–Crippen LogP) is 12.3. The van der Waals surface area contributed by atoms with Crippen LogP contribution in [-0.2, 0) is 0 Å². The summed E-state index contributed by atoms with van der Waals surface area (Å²) in [5.41, 5.74) is 12.0. The number of methoxy groups -OCH3 is 4. The van der Waals surface area contributed by atoms with E-state index in [0.29, 0.717) is 0 Å². The van der Waals surface area contributed by atoms with Gasteiger partial charge in [0.2, 0.25) is 0 Å². The molecule has 0 amide bonds. The average molecular weight is 700 g/mol. The highest BCUT2D eigenvalue weighted by molar-refractivity contribution is 5.81. The Morgan fingerprint density at radius 3 is 0.887 bits per heavy atom. The van der Waals surface area contributed by atoms with Crippen LogP contribution in [0, 0.1) is 13.8 Å². The maximum Gasteiger partial charge on any atom is 0.123 e. The Kier molecular flexibility index (Phi) is 11.8. The van der Waals surface area contributed by atoms with Crippen molar-refractivity contribution in [1.82, 2.24) is 0 Å². The fourth-order valence-electron chi connectivity index (χ4n) is 6.13. The predicted molar refractivity (Wildman–Crippen MR) is 223 cm³/mol. The summed E-state index contributed by atoms with van der Waals surface area (Å²) in [6.07, 6.45) is 12.7. The molecule has 0 spiro atoms. The Balaban J connectivity index is 1.28. The van der Waals surface area contributed by atoms with E-state index in [1.54, 1.807) is 28.4 Å². The lowest BCUT2D eigenvalue weighted by Gasteiger charge is -2.26. The highest BCUT2D eigenvalue weighted by Gasteiger charge is 2.13. The molecule has 5 nitrogen and oxygen atoms in total. The first-order chi connectivity index (χ1) is 25.8. The van der Waals surface area contributed by atoms with E-state index in [-0.39, 0.29) is 0 Å². The summed E-state index contributed by atoms with van der Waals surface area (Å²) in [5.74, 6) is 3.22. The van der Waals surface area contributed by atoms with Crippen LogP contribution in [0.25, 0.3) is 36.5 Å². The first-order valence-corrected chi connectivity index (χ1v) is 17.5. The van der Waals surface area contributed by atoms with Gasteiger partial charge in [0.05, 0.1) is 28.4 Å². The molecule has 53 heavy (non-hydrogen) atoms. The second kappa shape index (κ2) is 17.2. The summed E-state index contributed by atoms with van der Waals surface area (Å²) in [6, 6.07) is 44.2. The summed E-state index contributed by atoms with van der Waals surface area (Å²) in [4.78, 5) is 2.28. The minimum atomic E-state index is 0.754. The molecule has 6 aromatic rings. The molecule has 6 rings (SSSR count). The van der Waals surface area contributed by atoms with Gasteiger partial charge < -0.3 is 23.8 Å². The number of nitrogens with zero attached hydrogens (tertiary/aromatic N) is 1. The molecule has 0 radical (unpaired) electrons. The van der Waals surface area contributed by atoms with Gasteiger partial charge in [-0.25, -0.2) is 0 Å². The molecule has 0 fully saturated rings. The molecule has 0 aromatic heterocycles. The maximum absolute atomic E-state index is 5.47. The Morgan fingerprint density at radius 1 is 0.321 bits per heavy atom. The molecule has 0 aliphatic carbocycles. The van der Waals surface area contributed by atoms with Crippen LogP contribution in [-0.4, -0.2) is 28.4 Å². The molecular formula is C48H45NO4. The number of aryl methyl sites for hydroxylation is 2. The van der Waals surface area contributed by atoms with Gasteiger partial charge in [0.25, 0.3) is 0 Å². The molecule has 0 atom stereocenters. The first kappa shape index (κ1) is 36.3. The van der Waals surface area contributed by atoms with Crippen molar-refractivity contribution in [2.24, 2.45) is 0 Å². The lowest BCUT2D eigenvalue weighted by atomic mass is 10.1. The Hall–Kier alpha value is -6.46. The number of hydrogen-bond donors (Lipinski definition) is 0. The maximum atomic E-state index is 5.47. The van der Waals surface area contributed by atoms with E-state index in [2.05, 4.69) is 140 Å². The van der Waals surface area contributed by atoms with E-state index in [4.69, 9.17) is 18.9 Å². The van der Waals surface area contributed by atoms with Crippen LogP contribution in [0.3, 0.4) is 0 Å². The highest BCUT2D eigenvalue weighted by Crippen LogP contribution is 2.36. The third-order valence-corrected chi connectivity index (χ3v) is 8.85. The molecule has 0 N–H and O–H groups in total. The number of anilines is 3. The van der Waals surface area contributed by atoms with Crippen LogP contribution in [0.5, 0.6) is 23.0 Å². The lowest BCUT2D eigenvalue weighted by molar-refractivity contribution is 0.394. The molecular weight excluding hydrogens is 655 g/mol. The smallest absolute Gasteiger partial charge is 0.123 e. The van der Waals surface area contributed by atoms with Gasteiger partial charge in [-0.3, -0.25) is 0 Å². The number of benzene rings is 6. The van der Waals surface area contributed by atoms with Gasteiger partial charge in [0.15, 0.2) is 0 Å². The van der Waals surface area contributed by atoms with Crippen LogP contribution >= 0.6 is 0 Å². The Bertz CT molecular complexity index is 2100. The van der Waals surface area contributed by atoms with Gasteiger partial charge in [0.1, 0.15) is 23.0 Å². The molecule has 0 heterocycles. The Labute approximate surface area is 313 Å². The number of hydrogen-bond acceptors (Lipinski definition) is 5. The van der Waals surface area contributed by atoms with E-state index in [0.717, 1.165) is 84.6 Å². The summed E-state index contributed by atoms with van der Waals surface area (Å²) >= 11 is 0. The van der Waals surface area contributed by atoms with Gasteiger partial charge in [-0.15, -0.1) is 0 Å². The minimum absolute atomic E-state index is 0.754. The zero-order chi connectivity index (χ0) is 37.2. The van der Waals surface area contributed by atoms with Crippen molar-refractivity contribution in [2.75, 3.05) is 33.3 Å². The fourth-order valence-corrected chi connectivity index (χ4v) is 6.13. The average Bonchev–Trinajstić information content (AvgIpc) is 3.19. The van der Waals surface area contributed by atoms with Gasteiger partial charge in [-0.1, -0.05) is 85.0 Å². The van der Waals surface area contributed by atoms with Crippen LogP contribution in [0.15, 0.2) is 127 Å². The summed E-state index contributed by atoms with van der Waals surface area (Å²) < 4.78 is 21.8. The van der Waals surface area contributed by atoms with Crippen molar-refractivity contribution in [3.63, 3.8) is 0 Å². The van der Waals surface area contributed by atoms with Crippen LogP contribution in [0.4, 0.5) is 17.1 Å². The zero-order valence-electron chi connectivity index (χ0n) is 31.2. The molecule has 6 aromatic carbocycles. The fraction of sp³-hybridized carbons (Fsp3) is 0.125. The van der Waals surface area contributed by atoms with Gasteiger partial charge in [-0.05, 0) is 131 Å². The monoisotopic (exact) mass is 699 g/mol. The molecule has 0 saturated carbocycles. The van der Waals surface area contributed by atoms with E-state index in [1.807, 2.05) is 42.5 Å². The van der Waals surface area contributed by atoms with Gasteiger partial charge in [-0.2, -0.15) is 0 Å².